The highest BCUT2D eigenvalue weighted by atomic mass is 15.3. The zero-order valence-electron chi connectivity index (χ0n) is 12.0. The normalized spacial score (nSPS) is 10.9. The Morgan fingerprint density at radius 1 is 1.33 bits per heavy atom. The van der Waals surface area contributed by atoms with Gasteiger partial charge in [0.25, 0.3) is 0 Å². The van der Waals surface area contributed by atoms with Crippen molar-refractivity contribution in [2.24, 2.45) is 0 Å². The van der Waals surface area contributed by atoms with E-state index in [4.69, 9.17) is 5.26 Å². The van der Waals surface area contributed by atoms with E-state index in [-0.39, 0.29) is 0 Å². The van der Waals surface area contributed by atoms with Crippen LogP contribution in [0.2, 0.25) is 0 Å². The maximum absolute atomic E-state index is 8.70. The van der Waals surface area contributed by atoms with Crippen molar-refractivity contribution < 1.29 is 0 Å². The summed E-state index contributed by atoms with van der Waals surface area (Å²) in [5.74, 6) is 0. The van der Waals surface area contributed by atoms with Crippen molar-refractivity contribution in [2.75, 3.05) is 0 Å². The van der Waals surface area contributed by atoms with Crippen LogP contribution >= 0.6 is 0 Å². The molecule has 0 saturated heterocycles. The van der Waals surface area contributed by atoms with Crippen molar-refractivity contribution >= 4 is 0 Å². The third-order valence-electron chi connectivity index (χ3n) is 3.04. The number of hydrogen-bond acceptors (Lipinski definition) is 3. The van der Waals surface area contributed by atoms with Crippen LogP contribution in [0.5, 0.6) is 0 Å². The van der Waals surface area contributed by atoms with Crippen LogP contribution in [0.3, 0.4) is 0 Å². The second-order valence-corrected chi connectivity index (χ2v) is 4.75. The Labute approximate surface area is 110 Å². The first-order chi connectivity index (χ1) is 8.63. The summed E-state index contributed by atoms with van der Waals surface area (Å²) in [6.07, 6.45) is 2.43. The summed E-state index contributed by atoms with van der Waals surface area (Å²) in [5.41, 5.74) is 3.76. The number of aryl methyl sites for hydroxylation is 2. The Hall–Kier alpha value is -1.34. The second-order valence-electron chi connectivity index (χ2n) is 4.75. The highest BCUT2D eigenvalue weighted by Gasteiger charge is 2.15. The molecule has 0 aromatic carbocycles. The van der Waals surface area contributed by atoms with E-state index in [1.807, 2.05) is 4.68 Å². The van der Waals surface area contributed by atoms with Gasteiger partial charge in [0, 0.05) is 23.8 Å². The van der Waals surface area contributed by atoms with Gasteiger partial charge in [-0.05, 0) is 12.8 Å². The van der Waals surface area contributed by atoms with Crippen molar-refractivity contribution in [2.45, 2.75) is 66.1 Å². The molecule has 0 aliphatic rings. The molecule has 18 heavy (non-hydrogen) atoms. The van der Waals surface area contributed by atoms with Gasteiger partial charge in [0.05, 0.1) is 24.7 Å². The maximum atomic E-state index is 8.70. The quantitative estimate of drug-likeness (QED) is 0.806. The van der Waals surface area contributed by atoms with Crippen molar-refractivity contribution in [3.05, 3.63) is 17.0 Å². The molecule has 1 aromatic rings. The summed E-state index contributed by atoms with van der Waals surface area (Å²) in [4.78, 5) is 0. The van der Waals surface area contributed by atoms with Crippen molar-refractivity contribution in [1.29, 1.82) is 5.26 Å². The lowest BCUT2D eigenvalue weighted by Gasteiger charge is -2.10. The second kappa shape index (κ2) is 7.17. The number of nitrogens with one attached hydrogen (secondary N) is 1. The lowest BCUT2D eigenvalue weighted by molar-refractivity contribution is 0.575. The monoisotopic (exact) mass is 248 g/mol. The summed E-state index contributed by atoms with van der Waals surface area (Å²) in [7, 11) is 0. The number of rotatable bonds is 7. The Bertz CT molecular complexity index is 412. The number of aromatic nitrogens is 2. The molecule has 0 fully saturated rings. The van der Waals surface area contributed by atoms with E-state index in [9.17, 15) is 0 Å². The van der Waals surface area contributed by atoms with Crippen LogP contribution in [0.25, 0.3) is 0 Å². The Kier molecular flexibility index (Phi) is 5.87. The number of nitriles is 1. The molecule has 1 N–H and O–H groups in total. The van der Waals surface area contributed by atoms with Gasteiger partial charge in [-0.3, -0.25) is 4.68 Å². The van der Waals surface area contributed by atoms with Gasteiger partial charge < -0.3 is 5.32 Å². The topological polar surface area (TPSA) is 53.6 Å². The summed E-state index contributed by atoms with van der Waals surface area (Å²) < 4.78 is 2.01. The fraction of sp³-hybridized carbons (Fsp3) is 0.714. The average Bonchev–Trinajstić information content (AvgIpc) is 2.70. The lowest BCUT2D eigenvalue weighted by atomic mass is 10.1. The SMILES string of the molecule is CCc1nn(CCC#N)c(CC)c1CNC(C)C. The van der Waals surface area contributed by atoms with Gasteiger partial charge in [0.1, 0.15) is 0 Å². The Morgan fingerprint density at radius 3 is 2.56 bits per heavy atom. The predicted octanol–water partition coefficient (Wildman–Crippen LogP) is 2.42. The smallest absolute Gasteiger partial charge is 0.0669 e. The van der Waals surface area contributed by atoms with E-state index >= 15 is 0 Å². The molecule has 4 nitrogen and oxygen atoms in total. The molecule has 1 heterocycles. The van der Waals surface area contributed by atoms with Crippen LogP contribution in [-0.4, -0.2) is 15.8 Å². The van der Waals surface area contributed by atoms with E-state index in [2.05, 4.69) is 44.2 Å². The molecule has 0 aliphatic heterocycles. The molecular formula is C14H24N4. The first-order valence-corrected chi connectivity index (χ1v) is 6.81. The average molecular weight is 248 g/mol. The van der Waals surface area contributed by atoms with Gasteiger partial charge in [-0.15, -0.1) is 0 Å². The van der Waals surface area contributed by atoms with Crippen LogP contribution in [0.1, 0.15) is 51.1 Å². The fourth-order valence-electron chi connectivity index (χ4n) is 2.12. The fourth-order valence-corrected chi connectivity index (χ4v) is 2.12. The molecule has 0 unspecified atom stereocenters. The van der Waals surface area contributed by atoms with Crippen LogP contribution < -0.4 is 5.32 Å². The van der Waals surface area contributed by atoms with Crippen LogP contribution in [0.4, 0.5) is 0 Å². The zero-order valence-corrected chi connectivity index (χ0v) is 12.0. The Morgan fingerprint density at radius 2 is 2.06 bits per heavy atom. The van der Waals surface area contributed by atoms with Gasteiger partial charge in [0.15, 0.2) is 0 Å². The van der Waals surface area contributed by atoms with Crippen molar-refractivity contribution in [3.8, 4) is 6.07 Å². The van der Waals surface area contributed by atoms with E-state index in [0.29, 0.717) is 19.0 Å². The van der Waals surface area contributed by atoms with Gasteiger partial charge >= 0.3 is 0 Å². The minimum atomic E-state index is 0.474. The third kappa shape index (κ3) is 3.58. The molecule has 0 aliphatic carbocycles. The number of hydrogen-bond donors (Lipinski definition) is 1. The minimum absolute atomic E-state index is 0.474. The number of nitrogens with zero attached hydrogens (tertiary/aromatic N) is 3. The highest BCUT2D eigenvalue weighted by Crippen LogP contribution is 2.17. The van der Waals surface area contributed by atoms with Crippen molar-refractivity contribution in [3.63, 3.8) is 0 Å². The lowest BCUT2D eigenvalue weighted by Crippen LogP contribution is -2.23. The first-order valence-electron chi connectivity index (χ1n) is 6.81. The molecule has 0 radical (unpaired) electrons. The molecule has 4 heteroatoms. The largest absolute Gasteiger partial charge is 0.310 e. The Balaban J connectivity index is 2.97. The van der Waals surface area contributed by atoms with E-state index < -0.39 is 0 Å². The summed E-state index contributed by atoms with van der Waals surface area (Å²) in [5, 5.41) is 16.8. The van der Waals surface area contributed by atoms with Gasteiger partial charge in [-0.2, -0.15) is 10.4 Å². The molecule has 100 valence electrons. The molecule has 0 saturated carbocycles. The molecule has 0 atom stereocenters. The molecule has 1 rings (SSSR count). The van der Waals surface area contributed by atoms with Gasteiger partial charge in [-0.1, -0.05) is 27.7 Å². The molecule has 0 spiro atoms. The van der Waals surface area contributed by atoms with Crippen LogP contribution in [-0.2, 0) is 25.9 Å². The van der Waals surface area contributed by atoms with E-state index in [0.717, 1.165) is 25.1 Å². The first kappa shape index (κ1) is 14.7. The highest BCUT2D eigenvalue weighted by molar-refractivity contribution is 5.27. The summed E-state index contributed by atoms with van der Waals surface area (Å²) >= 11 is 0. The summed E-state index contributed by atoms with van der Waals surface area (Å²) in [6, 6.07) is 2.66. The predicted molar refractivity (Wildman–Crippen MR) is 73.2 cm³/mol. The van der Waals surface area contributed by atoms with E-state index in [1.165, 1.54) is 11.3 Å². The maximum Gasteiger partial charge on any atom is 0.0669 e. The summed E-state index contributed by atoms with van der Waals surface area (Å²) in [6.45, 7) is 10.2. The molecular weight excluding hydrogens is 224 g/mol. The van der Waals surface area contributed by atoms with Gasteiger partial charge in [-0.25, -0.2) is 0 Å². The van der Waals surface area contributed by atoms with Crippen LogP contribution in [0, 0.1) is 11.3 Å². The van der Waals surface area contributed by atoms with Crippen molar-refractivity contribution in [1.82, 2.24) is 15.1 Å². The van der Waals surface area contributed by atoms with Crippen LogP contribution in [0.15, 0.2) is 0 Å². The zero-order chi connectivity index (χ0) is 13.5. The minimum Gasteiger partial charge on any atom is -0.310 e. The molecule has 0 bridgehead atoms. The van der Waals surface area contributed by atoms with E-state index in [1.54, 1.807) is 0 Å². The molecule has 0 amide bonds. The molecule has 1 aromatic heterocycles. The third-order valence-corrected chi connectivity index (χ3v) is 3.04. The van der Waals surface area contributed by atoms with Gasteiger partial charge in [0.2, 0.25) is 0 Å². The standard InChI is InChI=1S/C14H24N4/c1-5-13-12(10-16-11(3)4)14(6-2)18(17-13)9-7-8-15/h11,16H,5-7,9-10H2,1-4H3.